The van der Waals surface area contributed by atoms with Crippen molar-refractivity contribution in [3.8, 4) is 5.75 Å². The molecule has 3 heteroatoms. The van der Waals surface area contributed by atoms with Gasteiger partial charge < -0.3 is 4.74 Å². The molecule has 0 amide bonds. The van der Waals surface area contributed by atoms with Crippen LogP contribution in [0.15, 0.2) is 12.1 Å². The van der Waals surface area contributed by atoms with E-state index in [0.29, 0.717) is 12.5 Å². The van der Waals surface area contributed by atoms with E-state index in [1.54, 1.807) is 6.92 Å². The van der Waals surface area contributed by atoms with Crippen molar-refractivity contribution in [2.75, 3.05) is 0 Å². The molecule has 12 heavy (non-hydrogen) atoms. The summed E-state index contributed by atoms with van der Waals surface area (Å²) in [5.41, 5.74) is 0.527. The van der Waals surface area contributed by atoms with Gasteiger partial charge in [-0.2, -0.15) is 8.78 Å². The predicted octanol–water partition coefficient (Wildman–Crippen LogP) is 2.59. The van der Waals surface area contributed by atoms with Gasteiger partial charge in [0.05, 0.1) is 0 Å². The van der Waals surface area contributed by atoms with E-state index in [9.17, 15) is 8.78 Å². The molecule has 0 atom stereocenters. The van der Waals surface area contributed by atoms with Crippen LogP contribution in [-0.2, 0) is 0 Å². The molecule has 0 saturated heterocycles. The Kier molecular flexibility index (Phi) is 2.18. The Morgan fingerprint density at radius 1 is 1.50 bits per heavy atom. The first-order valence-corrected chi connectivity index (χ1v) is 3.45. The Hall–Kier alpha value is -1.30. The third-order valence-electron chi connectivity index (χ3n) is 1.24. The van der Waals surface area contributed by atoms with Crippen LogP contribution in [0.25, 0.3) is 0 Å². The topological polar surface area (TPSA) is 9.23 Å². The van der Waals surface area contributed by atoms with Gasteiger partial charge in [-0.05, 0) is 19.1 Å². The minimum absolute atomic E-state index is 0.140. The van der Waals surface area contributed by atoms with E-state index >= 15 is 0 Å². The highest BCUT2D eigenvalue weighted by atomic mass is 19.3. The number of alkyl halides is 2. The molecule has 0 saturated carbocycles. The summed E-state index contributed by atoms with van der Waals surface area (Å²) in [7, 11) is 0. The second kappa shape index (κ2) is 2.98. The molecule has 0 aliphatic carbocycles. The summed E-state index contributed by atoms with van der Waals surface area (Å²) in [6.07, 6.45) is -3.14. The Bertz CT molecular complexity index is 265. The monoisotopic (exact) mass is 170 g/mol. The van der Waals surface area contributed by atoms with Gasteiger partial charge in [0.1, 0.15) is 5.75 Å². The molecule has 0 bridgehead atoms. The van der Waals surface area contributed by atoms with Crippen molar-refractivity contribution in [2.24, 2.45) is 0 Å². The third kappa shape index (κ3) is 2.39. The lowest BCUT2D eigenvalue weighted by Crippen LogP contribution is -2.19. The van der Waals surface area contributed by atoms with Crippen LogP contribution in [0.2, 0.25) is 0 Å². The van der Waals surface area contributed by atoms with E-state index in [0.717, 1.165) is 0 Å². The largest absolute Gasteiger partial charge is 0.432 e. The molecule has 0 unspecified atom stereocenters. The van der Waals surface area contributed by atoms with Crippen molar-refractivity contribution < 1.29 is 13.5 Å². The molecule has 1 nitrogen and oxygen atoms in total. The first-order chi connectivity index (χ1) is 5.49. The second-order valence-electron chi connectivity index (χ2n) is 2.50. The van der Waals surface area contributed by atoms with E-state index in [-0.39, 0.29) is 5.75 Å². The van der Waals surface area contributed by atoms with E-state index in [1.807, 2.05) is 0 Å². The number of ether oxygens (including phenoxy) is 1. The fourth-order valence-electron chi connectivity index (χ4n) is 0.758. The van der Waals surface area contributed by atoms with Gasteiger partial charge in [0.15, 0.2) is 0 Å². The van der Waals surface area contributed by atoms with Gasteiger partial charge in [0, 0.05) is 12.5 Å². The summed E-state index contributed by atoms with van der Waals surface area (Å²) >= 11 is 0. The van der Waals surface area contributed by atoms with Crippen molar-refractivity contribution in [3.05, 3.63) is 29.8 Å². The predicted molar refractivity (Wildman–Crippen MR) is 40.1 cm³/mol. The van der Waals surface area contributed by atoms with Crippen molar-refractivity contribution >= 4 is 0 Å². The van der Waals surface area contributed by atoms with E-state index in [2.05, 4.69) is 16.9 Å². The Balaban J connectivity index is 2.83. The Morgan fingerprint density at radius 3 is 2.67 bits per heavy atom. The van der Waals surface area contributed by atoms with Crippen LogP contribution in [0, 0.1) is 19.1 Å². The highest BCUT2D eigenvalue weighted by molar-refractivity contribution is 5.28. The molecule has 64 valence electrons. The minimum Gasteiger partial charge on any atom is -0.432 e. The van der Waals surface area contributed by atoms with Gasteiger partial charge in [-0.15, -0.1) is 0 Å². The van der Waals surface area contributed by atoms with Gasteiger partial charge in [0.25, 0.3) is 0 Å². The van der Waals surface area contributed by atoms with E-state index in [1.165, 1.54) is 12.1 Å². The summed E-state index contributed by atoms with van der Waals surface area (Å²) in [6.45, 7) is 2.33. The number of hydrogen-bond donors (Lipinski definition) is 0. The zero-order chi connectivity index (χ0) is 9.19. The van der Waals surface area contributed by atoms with Crippen molar-refractivity contribution in [2.45, 2.75) is 20.0 Å². The van der Waals surface area contributed by atoms with Crippen LogP contribution in [0.1, 0.15) is 12.5 Å². The standard InChI is InChI=1S/C9H8F2O/c1-7-5-3-4-6-8(7)12-9(2,10)11/h4,6H,1-2H3. The number of hydrogen-bond acceptors (Lipinski definition) is 1. The average Bonchev–Trinajstić information content (AvgIpc) is 1.91. The molecule has 0 heterocycles. The molecule has 0 aromatic heterocycles. The molecule has 1 aromatic rings. The van der Waals surface area contributed by atoms with Gasteiger partial charge >= 0.3 is 6.11 Å². The maximum Gasteiger partial charge on any atom is 0.394 e. The highest BCUT2D eigenvalue weighted by Crippen LogP contribution is 2.22. The van der Waals surface area contributed by atoms with Crippen LogP contribution in [0.4, 0.5) is 8.78 Å². The van der Waals surface area contributed by atoms with Crippen LogP contribution in [0.5, 0.6) is 5.75 Å². The van der Waals surface area contributed by atoms with Crippen molar-refractivity contribution in [3.63, 3.8) is 0 Å². The summed E-state index contributed by atoms with van der Waals surface area (Å²) in [5, 5.41) is 0. The van der Waals surface area contributed by atoms with Crippen LogP contribution >= 0.6 is 0 Å². The first-order valence-electron chi connectivity index (χ1n) is 3.45. The molecular weight excluding hydrogens is 162 g/mol. The van der Waals surface area contributed by atoms with Crippen molar-refractivity contribution in [1.82, 2.24) is 0 Å². The molecule has 1 aromatic carbocycles. The molecule has 0 fully saturated rings. The minimum atomic E-state index is -3.14. The summed E-state index contributed by atoms with van der Waals surface area (Å²) < 4.78 is 29.0. The summed E-state index contributed by atoms with van der Waals surface area (Å²) in [4.78, 5) is 0. The number of rotatable bonds is 2. The lowest BCUT2D eigenvalue weighted by molar-refractivity contribution is -0.159. The van der Waals surface area contributed by atoms with Gasteiger partial charge in [0.2, 0.25) is 0 Å². The normalized spacial score (nSPS) is 10.7. The maximum absolute atomic E-state index is 12.3. The van der Waals surface area contributed by atoms with Crippen LogP contribution in [-0.4, -0.2) is 6.11 Å². The lowest BCUT2D eigenvalue weighted by atomic mass is 10.3. The zero-order valence-corrected chi connectivity index (χ0v) is 6.82. The summed E-state index contributed by atoms with van der Waals surface area (Å²) in [5.74, 6) is 0.140. The Labute approximate surface area is 70.0 Å². The zero-order valence-electron chi connectivity index (χ0n) is 6.82. The lowest BCUT2D eigenvalue weighted by Gasteiger charge is -2.13. The fraction of sp³-hybridized carbons (Fsp3) is 0.333. The molecule has 0 radical (unpaired) electrons. The van der Waals surface area contributed by atoms with Crippen molar-refractivity contribution in [1.29, 1.82) is 0 Å². The van der Waals surface area contributed by atoms with Gasteiger partial charge in [-0.25, -0.2) is 0 Å². The highest BCUT2D eigenvalue weighted by Gasteiger charge is 2.23. The molecule has 0 N–H and O–H groups in total. The third-order valence-corrected chi connectivity index (χ3v) is 1.24. The van der Waals surface area contributed by atoms with Crippen LogP contribution < -0.4 is 4.74 Å². The fourth-order valence-corrected chi connectivity index (χ4v) is 0.758. The average molecular weight is 170 g/mol. The first kappa shape index (κ1) is 8.79. The summed E-state index contributed by atoms with van der Waals surface area (Å²) in [6, 6.07) is 8.19. The molecule has 0 aliphatic rings. The van der Waals surface area contributed by atoms with Crippen LogP contribution in [0.3, 0.4) is 0 Å². The smallest absolute Gasteiger partial charge is 0.394 e. The second-order valence-corrected chi connectivity index (χ2v) is 2.50. The molecular formula is C9H8F2O. The van der Waals surface area contributed by atoms with Gasteiger partial charge in [-0.3, -0.25) is 0 Å². The quantitative estimate of drug-likeness (QED) is 0.662. The van der Waals surface area contributed by atoms with Gasteiger partial charge in [-0.1, -0.05) is 12.1 Å². The molecule has 0 spiro atoms. The molecule has 1 rings (SSSR count). The SMILES string of the molecule is Cc1c#cccc1OC(C)(F)F. The maximum atomic E-state index is 12.3. The Morgan fingerprint density at radius 2 is 2.17 bits per heavy atom. The van der Waals surface area contributed by atoms with E-state index in [4.69, 9.17) is 0 Å². The molecule has 0 aliphatic heterocycles. The number of halogens is 2. The van der Waals surface area contributed by atoms with E-state index < -0.39 is 6.11 Å².